The number of carbonyl (C=O) groups excluding carboxylic acids is 1. The molecule has 3 aliphatic rings. The minimum absolute atomic E-state index is 0.0705. The molecule has 2 aromatic rings. The Kier molecular flexibility index (Phi) is 5.71. The molecule has 1 amide bonds. The van der Waals surface area contributed by atoms with Crippen LogP contribution in [0.25, 0.3) is 11.1 Å². The molecule has 1 fully saturated rings. The second kappa shape index (κ2) is 8.57. The number of rotatable bonds is 6. The van der Waals surface area contributed by atoms with Crippen LogP contribution in [0.4, 0.5) is 11.4 Å². The van der Waals surface area contributed by atoms with Crippen LogP contribution in [0.5, 0.6) is 5.75 Å². The van der Waals surface area contributed by atoms with Gasteiger partial charge in [-0.1, -0.05) is 24.3 Å². The van der Waals surface area contributed by atoms with Crippen molar-refractivity contribution in [3.8, 4) is 16.9 Å². The van der Waals surface area contributed by atoms with Crippen molar-refractivity contribution in [1.82, 2.24) is 10.3 Å². The van der Waals surface area contributed by atoms with Crippen LogP contribution in [0.3, 0.4) is 0 Å². The van der Waals surface area contributed by atoms with Gasteiger partial charge in [-0.3, -0.25) is 9.69 Å². The summed E-state index contributed by atoms with van der Waals surface area (Å²) in [6, 6.07) is 11.5. The van der Waals surface area contributed by atoms with Gasteiger partial charge in [0.2, 0.25) is 0 Å². The average molecular weight is 466 g/mol. The topological polar surface area (TPSA) is 101 Å². The van der Waals surface area contributed by atoms with Crippen LogP contribution in [-0.2, 0) is 11.4 Å². The highest BCUT2D eigenvalue weighted by Crippen LogP contribution is 2.46. The van der Waals surface area contributed by atoms with Crippen LogP contribution in [0, 0.1) is 0 Å². The first kappa shape index (κ1) is 22.6. The first-order valence-electron chi connectivity index (χ1n) is 11.6. The number of carbonyl (C=O) groups is 1. The third-order valence-electron chi connectivity index (χ3n) is 7.23. The fourth-order valence-corrected chi connectivity index (χ4v) is 5.19. The quantitative estimate of drug-likeness (QED) is 0.593. The van der Waals surface area contributed by atoms with E-state index in [1.54, 1.807) is 0 Å². The highest BCUT2D eigenvalue weighted by Gasteiger charge is 2.43. The van der Waals surface area contributed by atoms with E-state index in [1.807, 2.05) is 42.2 Å². The molecule has 0 aromatic heterocycles. The van der Waals surface area contributed by atoms with Gasteiger partial charge in [-0.2, -0.15) is 5.10 Å². The van der Waals surface area contributed by atoms with Gasteiger partial charge < -0.3 is 24.7 Å². The lowest BCUT2D eigenvalue weighted by Crippen LogP contribution is -2.68. The van der Waals surface area contributed by atoms with Gasteiger partial charge in [0.15, 0.2) is 5.84 Å². The average Bonchev–Trinajstić information content (AvgIpc) is 2.83. The highest BCUT2D eigenvalue weighted by atomic mass is 16.5. The van der Waals surface area contributed by atoms with Gasteiger partial charge in [0.05, 0.1) is 24.4 Å². The molecule has 0 spiro atoms. The number of β-amino-alcohol motifs (C(OH)–C–C–N with tert-alkyl or cyclic N) is 1. The second-order valence-electron chi connectivity index (χ2n) is 9.48. The Labute approximate surface area is 199 Å². The Morgan fingerprint density at radius 2 is 2.00 bits per heavy atom. The van der Waals surface area contributed by atoms with Crippen molar-refractivity contribution in [2.45, 2.75) is 32.0 Å². The summed E-state index contributed by atoms with van der Waals surface area (Å²) >= 11 is 0. The van der Waals surface area contributed by atoms with Gasteiger partial charge >= 0.3 is 0 Å². The summed E-state index contributed by atoms with van der Waals surface area (Å²) in [4.78, 5) is 18.8. The molecule has 5 rings (SSSR count). The summed E-state index contributed by atoms with van der Waals surface area (Å²) < 4.78 is 6.08. The summed E-state index contributed by atoms with van der Waals surface area (Å²) in [5.74, 6) is 1.19. The molecule has 1 atom stereocenters. The van der Waals surface area contributed by atoms with E-state index < -0.39 is 6.04 Å². The molecular formula is C25H31N5O4. The summed E-state index contributed by atoms with van der Waals surface area (Å²) in [5.41, 5.74) is 6.96. The maximum atomic E-state index is 12.4. The number of amidine groups is 1. The molecule has 3 heterocycles. The van der Waals surface area contributed by atoms with E-state index in [4.69, 9.17) is 4.74 Å². The van der Waals surface area contributed by atoms with Crippen molar-refractivity contribution in [2.75, 3.05) is 49.7 Å². The van der Waals surface area contributed by atoms with Crippen molar-refractivity contribution in [2.24, 2.45) is 5.10 Å². The Morgan fingerprint density at radius 3 is 2.74 bits per heavy atom. The monoisotopic (exact) mass is 465 g/mol. The van der Waals surface area contributed by atoms with Gasteiger partial charge in [0, 0.05) is 37.9 Å². The van der Waals surface area contributed by atoms with E-state index in [2.05, 4.69) is 40.4 Å². The molecule has 0 aliphatic carbocycles. The van der Waals surface area contributed by atoms with E-state index >= 15 is 0 Å². The summed E-state index contributed by atoms with van der Waals surface area (Å²) in [5, 5.41) is 23.6. The largest absolute Gasteiger partial charge is 0.483 e. The SMILES string of the molecule is CC1C(=O)NN=C2COc3cc(-c4ccccc4CO)c(N(C)C4(C)CN(CCO)C4)cc3N21. The van der Waals surface area contributed by atoms with Gasteiger partial charge in [-0.15, -0.1) is 0 Å². The number of aliphatic hydroxyl groups is 2. The van der Waals surface area contributed by atoms with Crippen molar-refractivity contribution < 1.29 is 19.7 Å². The minimum atomic E-state index is -0.414. The highest BCUT2D eigenvalue weighted by molar-refractivity contribution is 6.10. The van der Waals surface area contributed by atoms with E-state index in [0.717, 1.165) is 41.2 Å². The zero-order valence-corrected chi connectivity index (χ0v) is 19.8. The fraction of sp³-hybridized carbons (Fsp3) is 0.440. The van der Waals surface area contributed by atoms with Crippen LogP contribution >= 0.6 is 0 Å². The Hall–Kier alpha value is -3.14. The van der Waals surface area contributed by atoms with Crippen molar-refractivity contribution in [3.05, 3.63) is 42.0 Å². The molecule has 1 saturated heterocycles. The Morgan fingerprint density at radius 1 is 1.24 bits per heavy atom. The Bertz CT molecular complexity index is 1140. The number of benzene rings is 2. The molecule has 9 heteroatoms. The standard InChI is InChI=1S/C25H31N5O4/c1-16-24(33)27-26-23-13-34-22-10-19(18-7-5-4-6-17(18)12-32)20(11-21(22)30(16)23)28(3)25(2)14-29(15-25)8-9-31/h4-7,10-11,16,31-32H,8-9,12-15H2,1-3H3,(H,27,33). The van der Waals surface area contributed by atoms with Crippen LogP contribution in [0.1, 0.15) is 19.4 Å². The molecule has 0 bridgehead atoms. The molecular weight excluding hydrogens is 434 g/mol. The number of amides is 1. The number of likely N-dealkylation sites (tertiary alicyclic amines) is 1. The zero-order valence-electron chi connectivity index (χ0n) is 19.8. The van der Waals surface area contributed by atoms with Gasteiger partial charge in [0.25, 0.3) is 5.91 Å². The molecule has 0 radical (unpaired) electrons. The van der Waals surface area contributed by atoms with Gasteiger partial charge in [0.1, 0.15) is 18.4 Å². The normalized spacial score (nSPS) is 21.0. The first-order valence-corrected chi connectivity index (χ1v) is 11.6. The number of hydrogen-bond donors (Lipinski definition) is 3. The third-order valence-corrected chi connectivity index (χ3v) is 7.23. The smallest absolute Gasteiger partial charge is 0.262 e. The lowest BCUT2D eigenvalue weighted by molar-refractivity contribution is -0.122. The number of hydrazone groups is 1. The molecule has 180 valence electrons. The van der Waals surface area contributed by atoms with Crippen LogP contribution in [-0.4, -0.2) is 78.3 Å². The number of anilines is 2. The molecule has 9 nitrogen and oxygen atoms in total. The maximum absolute atomic E-state index is 12.4. The van der Waals surface area contributed by atoms with Crippen LogP contribution in [0.15, 0.2) is 41.5 Å². The van der Waals surface area contributed by atoms with E-state index in [-0.39, 0.29) is 31.3 Å². The number of hydrogen-bond acceptors (Lipinski definition) is 8. The molecule has 0 saturated carbocycles. The van der Waals surface area contributed by atoms with Crippen molar-refractivity contribution in [3.63, 3.8) is 0 Å². The lowest BCUT2D eigenvalue weighted by atomic mass is 9.88. The molecule has 3 N–H and O–H groups in total. The first-order chi connectivity index (χ1) is 16.4. The fourth-order valence-electron chi connectivity index (χ4n) is 5.19. The van der Waals surface area contributed by atoms with Gasteiger partial charge in [-0.25, -0.2) is 5.43 Å². The predicted molar refractivity (Wildman–Crippen MR) is 131 cm³/mol. The third kappa shape index (κ3) is 3.60. The van der Waals surface area contributed by atoms with Crippen molar-refractivity contribution >= 4 is 23.1 Å². The number of nitrogens with one attached hydrogen (secondary N) is 1. The predicted octanol–water partition coefficient (Wildman–Crippen LogP) is 1.38. The number of aliphatic hydroxyl groups excluding tert-OH is 2. The molecule has 1 unspecified atom stereocenters. The number of ether oxygens (including phenoxy) is 1. The molecule has 34 heavy (non-hydrogen) atoms. The summed E-state index contributed by atoms with van der Waals surface area (Å²) in [7, 11) is 2.08. The van der Waals surface area contributed by atoms with E-state index in [1.165, 1.54) is 0 Å². The molecule has 2 aromatic carbocycles. The number of likely N-dealkylation sites (N-methyl/N-ethyl adjacent to an activating group) is 1. The van der Waals surface area contributed by atoms with E-state index in [0.29, 0.717) is 18.1 Å². The number of fused-ring (bicyclic) bond motifs is 3. The minimum Gasteiger partial charge on any atom is -0.483 e. The second-order valence-corrected chi connectivity index (χ2v) is 9.48. The van der Waals surface area contributed by atoms with Crippen LogP contribution < -0.4 is 20.0 Å². The summed E-state index contributed by atoms with van der Waals surface area (Å²) in [6.45, 7) is 6.71. The number of nitrogens with zero attached hydrogens (tertiary/aromatic N) is 4. The Balaban J connectivity index is 1.65. The lowest BCUT2D eigenvalue weighted by Gasteiger charge is -2.54. The van der Waals surface area contributed by atoms with Crippen molar-refractivity contribution in [1.29, 1.82) is 0 Å². The van der Waals surface area contributed by atoms with E-state index in [9.17, 15) is 15.0 Å². The van der Waals surface area contributed by atoms with Crippen LogP contribution in [0.2, 0.25) is 0 Å². The van der Waals surface area contributed by atoms with Gasteiger partial charge in [-0.05, 0) is 37.1 Å². The summed E-state index contributed by atoms with van der Waals surface area (Å²) in [6.07, 6.45) is 0. The zero-order chi connectivity index (χ0) is 24.0. The maximum Gasteiger partial charge on any atom is 0.262 e. The molecule has 3 aliphatic heterocycles.